The summed E-state index contributed by atoms with van der Waals surface area (Å²) in [6.45, 7) is 0. The van der Waals surface area contributed by atoms with Crippen molar-refractivity contribution in [1.29, 1.82) is 0 Å². The van der Waals surface area contributed by atoms with Gasteiger partial charge in [-0.1, -0.05) is 0 Å². The molecule has 0 spiro atoms. The van der Waals surface area contributed by atoms with E-state index in [-0.39, 0.29) is 6.07 Å². The molecule has 0 nitrogen and oxygen atoms in total. The van der Waals surface area contributed by atoms with Crippen LogP contribution in [0.15, 0.2) is 6.07 Å². The Morgan fingerprint density at radius 2 is 0.929 bits per heavy atom. The minimum atomic E-state index is -5.87. The molecule has 2 aromatic rings. The number of hydrogen-bond acceptors (Lipinski definition) is 0. The first kappa shape index (κ1) is 21.8. The average Bonchev–Trinajstić information content (AvgIpc) is 2.51. The molecule has 0 bridgehead atoms. The minimum Gasteiger partial charge on any atom is -0.206 e. The summed E-state index contributed by atoms with van der Waals surface area (Å²) in [4.78, 5) is 0. The van der Waals surface area contributed by atoms with Crippen LogP contribution in [0, 0.1) is 40.7 Å². The molecule has 0 atom stereocenters. The molecule has 0 aromatic heterocycles. The summed E-state index contributed by atoms with van der Waals surface area (Å²) in [5, 5.41) is 0. The maximum Gasteiger partial charge on any atom is 0.422 e. The highest BCUT2D eigenvalue weighted by Crippen LogP contribution is 2.39. The third-order valence-electron chi connectivity index (χ3n) is 3.52. The Hall–Kier alpha value is -2.47. The van der Waals surface area contributed by atoms with Gasteiger partial charge in [-0.05, 0) is 11.6 Å². The van der Waals surface area contributed by atoms with Crippen LogP contribution in [0.1, 0.15) is 22.3 Å². The van der Waals surface area contributed by atoms with E-state index in [2.05, 4.69) is 0 Å². The van der Waals surface area contributed by atoms with Gasteiger partial charge in [0.2, 0.25) is 0 Å². The van der Waals surface area contributed by atoms with Gasteiger partial charge < -0.3 is 0 Å². The molecule has 0 aliphatic carbocycles. The van der Waals surface area contributed by atoms with Gasteiger partial charge in [0.05, 0.1) is 0 Å². The first-order chi connectivity index (χ1) is 12.6. The fraction of sp³-hybridized carbons (Fsp3) is 0.200. The van der Waals surface area contributed by atoms with Crippen LogP contribution in [0.4, 0.5) is 57.1 Å². The third kappa shape index (κ3) is 3.61. The zero-order chi connectivity index (χ0) is 21.8. The highest BCUT2D eigenvalue weighted by Gasteiger charge is 2.43. The van der Waals surface area contributed by atoms with Crippen LogP contribution in [0.25, 0.3) is 0 Å². The van der Waals surface area contributed by atoms with Crippen molar-refractivity contribution in [3.8, 4) is 0 Å². The number of halogens is 13. The molecule has 0 saturated carbocycles. The van der Waals surface area contributed by atoms with Gasteiger partial charge >= 0.3 is 12.4 Å². The summed E-state index contributed by atoms with van der Waals surface area (Å²) in [5.74, 6) is -18.9. The topological polar surface area (TPSA) is 0 Å². The van der Waals surface area contributed by atoms with Gasteiger partial charge in [0.25, 0.3) is 0 Å². The van der Waals surface area contributed by atoms with Crippen molar-refractivity contribution in [1.82, 2.24) is 0 Å². The van der Waals surface area contributed by atoms with E-state index < -0.39 is 81.7 Å². The molecule has 154 valence electrons. The largest absolute Gasteiger partial charge is 0.422 e. The van der Waals surface area contributed by atoms with Gasteiger partial charge in [0, 0.05) is 12.0 Å². The van der Waals surface area contributed by atoms with Crippen LogP contribution in [0.5, 0.6) is 0 Å². The van der Waals surface area contributed by atoms with E-state index in [1.54, 1.807) is 0 Å². The second-order valence-electron chi connectivity index (χ2n) is 5.30. The summed E-state index contributed by atoms with van der Waals surface area (Å²) in [5.41, 5.74) is -9.07. The van der Waals surface area contributed by atoms with Crippen molar-refractivity contribution < 1.29 is 57.1 Å². The lowest BCUT2D eigenvalue weighted by molar-refractivity contribution is -0.143. The molecule has 0 N–H and O–H groups in total. The Morgan fingerprint density at radius 3 is 1.32 bits per heavy atom. The molecule has 0 amide bonds. The van der Waals surface area contributed by atoms with E-state index in [1.807, 2.05) is 0 Å². The Balaban J connectivity index is 2.69. The van der Waals surface area contributed by atoms with Gasteiger partial charge in [-0.2, -0.15) is 26.3 Å². The predicted octanol–water partition coefficient (Wildman–Crippen LogP) is 6.29. The summed E-state index contributed by atoms with van der Waals surface area (Å²) in [7, 11) is 0. The molecular weight excluding hydrogens is 427 g/mol. The molecule has 0 fully saturated rings. The SMILES string of the molecule is Fc1cc(Cc2c(F)c(F)c(C(F)(F)F)c(F)c2F)c(F)c(F)c1C(F)(F)F. The van der Waals surface area contributed by atoms with E-state index in [1.165, 1.54) is 0 Å². The van der Waals surface area contributed by atoms with Crippen LogP contribution < -0.4 is 0 Å². The summed E-state index contributed by atoms with van der Waals surface area (Å²) in [6, 6.07) is -0.354. The van der Waals surface area contributed by atoms with Gasteiger partial charge in [-0.15, -0.1) is 0 Å². The molecule has 0 radical (unpaired) electrons. The second-order valence-corrected chi connectivity index (χ2v) is 5.30. The van der Waals surface area contributed by atoms with Gasteiger partial charge in [0.1, 0.15) is 16.9 Å². The first-order valence-corrected chi connectivity index (χ1v) is 6.74. The van der Waals surface area contributed by atoms with E-state index in [9.17, 15) is 57.1 Å². The molecule has 2 rings (SSSR count). The third-order valence-corrected chi connectivity index (χ3v) is 3.52. The van der Waals surface area contributed by atoms with E-state index in [0.717, 1.165) is 0 Å². The van der Waals surface area contributed by atoms with E-state index in [4.69, 9.17) is 0 Å². The number of hydrogen-bond donors (Lipinski definition) is 0. The lowest BCUT2D eigenvalue weighted by Gasteiger charge is -2.15. The van der Waals surface area contributed by atoms with Crippen LogP contribution >= 0.6 is 0 Å². The predicted molar refractivity (Wildman–Crippen MR) is 65.4 cm³/mol. The van der Waals surface area contributed by atoms with Gasteiger partial charge in [-0.25, -0.2) is 30.7 Å². The van der Waals surface area contributed by atoms with Crippen molar-refractivity contribution in [2.75, 3.05) is 0 Å². The molecule has 0 unspecified atom stereocenters. The normalized spacial score (nSPS) is 12.6. The maximum absolute atomic E-state index is 13.7. The summed E-state index contributed by atoms with van der Waals surface area (Å²) >= 11 is 0. The first-order valence-electron chi connectivity index (χ1n) is 6.74. The molecule has 0 saturated heterocycles. The van der Waals surface area contributed by atoms with Gasteiger partial charge in [0.15, 0.2) is 34.9 Å². The Labute approximate surface area is 146 Å². The summed E-state index contributed by atoms with van der Waals surface area (Å²) < 4.78 is 170. The van der Waals surface area contributed by atoms with Crippen molar-refractivity contribution >= 4 is 0 Å². The van der Waals surface area contributed by atoms with Crippen LogP contribution in [0.2, 0.25) is 0 Å². The average molecular weight is 430 g/mol. The lowest BCUT2D eigenvalue weighted by atomic mass is 9.98. The lowest BCUT2D eigenvalue weighted by Crippen LogP contribution is -2.18. The highest BCUT2D eigenvalue weighted by molar-refractivity contribution is 5.38. The van der Waals surface area contributed by atoms with Crippen LogP contribution in [-0.4, -0.2) is 0 Å². The monoisotopic (exact) mass is 430 g/mol. The molecule has 0 aliphatic heterocycles. The Kier molecular flexibility index (Phi) is 5.34. The van der Waals surface area contributed by atoms with Crippen LogP contribution in [0.3, 0.4) is 0 Å². The minimum absolute atomic E-state index is 0.354. The zero-order valence-corrected chi connectivity index (χ0v) is 12.7. The standard InChI is InChI=1S/C15H3F13/c16-5-2-3(8(17)11(20)6(5)14(23,24)25)1-4-9(18)12(21)7(15(26,27)28)13(22)10(4)19/h2H,1H2. The fourth-order valence-electron chi connectivity index (χ4n) is 2.30. The van der Waals surface area contributed by atoms with Crippen molar-refractivity contribution in [3.63, 3.8) is 0 Å². The molecule has 2 aromatic carbocycles. The molecule has 0 aliphatic rings. The highest BCUT2D eigenvalue weighted by atomic mass is 19.4. The number of alkyl halides is 6. The smallest absolute Gasteiger partial charge is 0.206 e. The Bertz CT molecular complexity index is 908. The number of benzene rings is 2. The molecular formula is C15H3F13. The number of rotatable bonds is 2. The summed E-state index contributed by atoms with van der Waals surface area (Å²) in [6.07, 6.45) is -13.4. The van der Waals surface area contributed by atoms with Crippen molar-refractivity contribution in [2.45, 2.75) is 18.8 Å². The fourth-order valence-corrected chi connectivity index (χ4v) is 2.30. The van der Waals surface area contributed by atoms with E-state index in [0.29, 0.717) is 0 Å². The van der Waals surface area contributed by atoms with Crippen molar-refractivity contribution in [3.05, 3.63) is 69.0 Å². The van der Waals surface area contributed by atoms with Crippen molar-refractivity contribution in [2.24, 2.45) is 0 Å². The molecule has 13 heteroatoms. The van der Waals surface area contributed by atoms with E-state index >= 15 is 0 Å². The molecule has 0 heterocycles. The quantitative estimate of drug-likeness (QED) is 0.388. The van der Waals surface area contributed by atoms with Crippen LogP contribution in [-0.2, 0) is 18.8 Å². The second kappa shape index (κ2) is 6.85. The van der Waals surface area contributed by atoms with Gasteiger partial charge in [-0.3, -0.25) is 0 Å². The maximum atomic E-state index is 13.7. The Morgan fingerprint density at radius 1 is 0.536 bits per heavy atom. The molecule has 28 heavy (non-hydrogen) atoms. The zero-order valence-electron chi connectivity index (χ0n) is 12.7.